The summed E-state index contributed by atoms with van der Waals surface area (Å²) in [5.41, 5.74) is 51.9. The van der Waals surface area contributed by atoms with Gasteiger partial charge in [-0.25, -0.2) is 0 Å². The second-order valence-corrected chi connectivity index (χ2v) is 33.0. The van der Waals surface area contributed by atoms with E-state index in [2.05, 4.69) is 335 Å². The van der Waals surface area contributed by atoms with Gasteiger partial charge in [-0.3, -0.25) is 0 Å². The Hall–Kier alpha value is -12.3. The van der Waals surface area contributed by atoms with Crippen LogP contribution in [0.5, 0.6) is 34.5 Å². The lowest BCUT2D eigenvalue weighted by Crippen LogP contribution is -2.65. The fourth-order valence-electron chi connectivity index (χ4n) is 21.9. The van der Waals surface area contributed by atoms with Crippen molar-refractivity contribution in [2.45, 2.75) is 104 Å². The van der Waals surface area contributed by atoms with Gasteiger partial charge in [-0.05, 0) is 321 Å². The Morgan fingerprint density at radius 2 is 0.582 bits per heavy atom. The maximum Gasteiger partial charge on any atom is 0.256 e. The summed E-state index contributed by atoms with van der Waals surface area (Å²) in [6.45, 7) is 33.2. The second-order valence-electron chi connectivity index (χ2n) is 33.0. The Kier molecular flexibility index (Phi) is 13.5. The van der Waals surface area contributed by atoms with E-state index in [1.54, 1.807) is 0 Å². The van der Waals surface area contributed by atoms with Crippen LogP contribution in [0.15, 0.2) is 206 Å². The molecule has 8 aliphatic rings. The van der Waals surface area contributed by atoms with Gasteiger partial charge in [0.15, 0.2) is 23.0 Å². The summed E-state index contributed by atoms with van der Waals surface area (Å²) in [7, 11) is 0. The van der Waals surface area contributed by atoms with E-state index in [0.717, 1.165) is 119 Å². The molecule has 0 bridgehead atoms. The number of nitrogens with one attached hydrogen (secondary N) is 1. The second kappa shape index (κ2) is 22.9. The molecule has 1 N–H and O–H groups in total. The number of rotatable bonds is 5. The molecule has 14 aromatic rings. The first-order valence-corrected chi connectivity index (χ1v) is 38.9. The van der Waals surface area contributed by atoms with Gasteiger partial charge in [0, 0.05) is 51.6 Å². The highest BCUT2D eigenvalue weighted by molar-refractivity contribution is 7.04. The maximum atomic E-state index is 8.10. The Bertz CT molecular complexity index is 6510. The molecule has 0 atom stereocenters. The van der Waals surface area contributed by atoms with E-state index in [4.69, 9.17) is 14.2 Å². The molecule has 0 aliphatic carbocycles. The van der Waals surface area contributed by atoms with Crippen LogP contribution >= 0.6 is 0 Å². The quantitative estimate of drug-likeness (QED) is 0.171. The van der Waals surface area contributed by atoms with E-state index in [1.807, 2.05) is 0 Å². The van der Waals surface area contributed by atoms with E-state index in [9.17, 15) is 0 Å². The molecule has 8 nitrogen and oxygen atoms in total. The first-order chi connectivity index (χ1) is 53.2. The van der Waals surface area contributed by atoms with Crippen molar-refractivity contribution in [1.82, 2.24) is 0 Å². The van der Waals surface area contributed by atoms with Gasteiger partial charge in [0.25, 0.3) is 20.1 Å². The van der Waals surface area contributed by atoms with Gasteiger partial charge in [-0.1, -0.05) is 149 Å². The van der Waals surface area contributed by atoms with Gasteiger partial charge in [0.05, 0.1) is 34.1 Å². The van der Waals surface area contributed by atoms with Gasteiger partial charge in [0.2, 0.25) is 0 Å². The van der Waals surface area contributed by atoms with Crippen molar-refractivity contribution in [2.75, 3.05) is 24.9 Å². The SMILES string of the molecule is Cc1cc(C)c(-c2cc3c4c(c2)N2c5ccccc5Oc5cccc(c52)B4c2cc4c(cc2N3)N(c2c(C)cc(C)cc2C)c2cc(-c3c(C)cc(C)cc3C)cc3c2B4c2cc4c(cc2O3)N(c2c(C)cc(C)cc2C)c2cc(-c3c(C)cc(C)cc3C)cc3c2B4c2cccc4c2N3c2ccccc2O4)c(C)c1. The predicted octanol–water partition coefficient (Wildman–Crippen LogP) is 20.4. The largest absolute Gasteiger partial charge is 0.458 e. The van der Waals surface area contributed by atoms with Crippen molar-refractivity contribution in [3.05, 3.63) is 290 Å². The van der Waals surface area contributed by atoms with Crippen molar-refractivity contribution in [3.8, 4) is 67.9 Å². The molecule has 0 saturated heterocycles. The van der Waals surface area contributed by atoms with Crippen molar-refractivity contribution in [3.63, 3.8) is 0 Å². The summed E-state index contributed by atoms with van der Waals surface area (Å²) in [6, 6.07) is 79.2. The van der Waals surface area contributed by atoms with Crippen LogP contribution in [0.1, 0.15) is 83.5 Å². The number of benzene rings is 14. The van der Waals surface area contributed by atoms with Crippen LogP contribution in [-0.2, 0) is 0 Å². The minimum Gasteiger partial charge on any atom is -0.458 e. The zero-order valence-corrected chi connectivity index (χ0v) is 64.9. The molecule has 0 aromatic heterocycles. The molecule has 8 aliphatic heterocycles. The van der Waals surface area contributed by atoms with Crippen LogP contribution in [0.25, 0.3) is 33.4 Å². The number of hydrogen-bond donors (Lipinski definition) is 1. The molecule has 110 heavy (non-hydrogen) atoms. The normalized spacial score (nSPS) is 13.9. The van der Waals surface area contributed by atoms with Crippen molar-refractivity contribution < 1.29 is 14.2 Å². The van der Waals surface area contributed by atoms with E-state index < -0.39 is 0 Å². The van der Waals surface area contributed by atoms with E-state index in [1.165, 1.54) is 161 Å². The van der Waals surface area contributed by atoms with Gasteiger partial charge < -0.3 is 39.1 Å². The molecular formula is C99H80B3N5O3. The average Bonchev–Trinajstić information content (AvgIpc) is 0.682. The highest BCUT2D eigenvalue weighted by atomic mass is 16.5. The van der Waals surface area contributed by atoms with E-state index >= 15 is 0 Å². The molecule has 528 valence electrons. The van der Waals surface area contributed by atoms with Gasteiger partial charge in [-0.15, -0.1) is 0 Å². The highest BCUT2D eigenvalue weighted by Gasteiger charge is 2.52. The number of nitrogens with zero attached hydrogens (tertiary/aromatic N) is 4. The summed E-state index contributed by atoms with van der Waals surface area (Å²) in [4.78, 5) is 10.3. The van der Waals surface area contributed by atoms with Crippen molar-refractivity contribution >= 4 is 149 Å². The number of ether oxygens (including phenoxy) is 3. The number of para-hydroxylation sites is 6. The Labute approximate surface area is 645 Å². The summed E-state index contributed by atoms with van der Waals surface area (Å²) in [5, 5.41) is 4.33. The van der Waals surface area contributed by atoms with E-state index in [-0.39, 0.29) is 20.1 Å². The predicted molar refractivity (Wildman–Crippen MR) is 463 cm³/mol. The van der Waals surface area contributed by atoms with Gasteiger partial charge in [-0.2, -0.15) is 0 Å². The number of anilines is 14. The van der Waals surface area contributed by atoms with Crippen molar-refractivity contribution in [1.29, 1.82) is 0 Å². The first kappa shape index (κ1) is 64.8. The lowest BCUT2D eigenvalue weighted by atomic mass is 9.29. The highest BCUT2D eigenvalue weighted by Crippen LogP contribution is 2.58. The first-order valence-electron chi connectivity index (χ1n) is 38.9. The summed E-state index contributed by atoms with van der Waals surface area (Å²) in [5.74, 6) is 5.05. The Balaban J connectivity index is 0.859. The maximum absolute atomic E-state index is 8.10. The molecule has 14 aromatic carbocycles. The fraction of sp³-hybridized carbons (Fsp3) is 0.152. The van der Waals surface area contributed by atoms with Crippen LogP contribution in [-0.4, -0.2) is 20.1 Å². The van der Waals surface area contributed by atoms with Crippen LogP contribution in [0, 0.1) is 104 Å². The molecule has 0 amide bonds. The van der Waals surface area contributed by atoms with Crippen molar-refractivity contribution in [2.24, 2.45) is 0 Å². The third kappa shape index (κ3) is 8.94. The molecule has 0 spiro atoms. The minimum absolute atomic E-state index is 0.200. The van der Waals surface area contributed by atoms with Crippen LogP contribution in [0.4, 0.5) is 79.6 Å². The van der Waals surface area contributed by atoms with E-state index in [0.29, 0.717) is 0 Å². The molecule has 11 heteroatoms. The molecule has 0 unspecified atom stereocenters. The molecule has 0 radical (unpaired) electrons. The average molecular weight is 1420 g/mol. The summed E-state index contributed by atoms with van der Waals surface area (Å²) in [6.07, 6.45) is 0. The molecule has 0 saturated carbocycles. The summed E-state index contributed by atoms with van der Waals surface area (Å²) < 4.78 is 22.3. The smallest absolute Gasteiger partial charge is 0.256 e. The monoisotopic (exact) mass is 1420 g/mol. The Morgan fingerprint density at radius 1 is 0.227 bits per heavy atom. The summed E-state index contributed by atoms with van der Waals surface area (Å²) >= 11 is 0. The lowest BCUT2D eigenvalue weighted by Gasteiger charge is -2.47. The molecule has 0 fully saturated rings. The minimum atomic E-state index is -0.325. The fourth-order valence-corrected chi connectivity index (χ4v) is 21.9. The Morgan fingerprint density at radius 3 is 1.05 bits per heavy atom. The topological polar surface area (TPSA) is 52.7 Å². The van der Waals surface area contributed by atoms with Crippen LogP contribution in [0.3, 0.4) is 0 Å². The van der Waals surface area contributed by atoms with Gasteiger partial charge in [0.1, 0.15) is 11.5 Å². The molecule has 8 heterocycles. The van der Waals surface area contributed by atoms with Crippen LogP contribution < -0.4 is 88.3 Å². The van der Waals surface area contributed by atoms with Gasteiger partial charge >= 0.3 is 0 Å². The number of fused-ring (bicyclic) bond motifs is 16. The lowest BCUT2D eigenvalue weighted by molar-refractivity contribution is 0.477. The number of hydrogen-bond acceptors (Lipinski definition) is 8. The zero-order chi connectivity index (χ0) is 74.8. The number of aryl methyl sites for hydroxylation is 15. The third-order valence-electron chi connectivity index (χ3n) is 25.2. The standard InChI is InChI=1S/C99H80B3N5O3/c1-50-30-55(6)90(56(7)31-50)65-40-75-93-80(41-65)104-76-24-16-18-26-84(76)108-86-28-20-22-68(98(86)104)100(93)70-46-71-78(48-74(70)103-75)106(96-61(12)36-53(4)37-62(96)13)83-44-67(92-59(10)34-52(3)35-60(92)11)45-89-95(83)102(71)73-47-72-79(49-88(73)110-89)107(97-63(14)38-54(5)39-64(97)15)82-43-66(91-57(8)32-51(2)33-58(91)9)42-81-94(82)101(72)69-23-21-29-87-99(69)105(81)77-25-17-19-27-85(77)109-87/h16-49,103H,1-15H3. The molecular weight excluding hydrogens is 1340 g/mol. The van der Waals surface area contributed by atoms with Crippen LogP contribution in [0.2, 0.25) is 0 Å². The third-order valence-corrected chi connectivity index (χ3v) is 25.2. The zero-order valence-electron chi connectivity index (χ0n) is 64.9. The molecule has 22 rings (SSSR count).